The van der Waals surface area contributed by atoms with Gasteiger partial charge >= 0.3 is 0 Å². The van der Waals surface area contributed by atoms with Crippen molar-refractivity contribution in [1.82, 2.24) is 0 Å². The summed E-state index contributed by atoms with van der Waals surface area (Å²) in [5.74, 6) is 2.12. The standard InChI is InChI=1S/C17H22N2O5.ClH/c1-20-15-7-12(8-16-17(15)23-11-22-16)6-14-9-13(18-24-14)10-19-2-4-21-5-3-19;/h7-8,14H,2-6,9-11H2,1H3;1H. The summed E-state index contributed by atoms with van der Waals surface area (Å²) in [6.45, 7) is 4.95. The second-order valence-electron chi connectivity index (χ2n) is 6.36. The summed E-state index contributed by atoms with van der Waals surface area (Å²) in [6.07, 6.45) is 1.73. The van der Waals surface area contributed by atoms with Crippen LogP contribution in [0.2, 0.25) is 0 Å². The van der Waals surface area contributed by atoms with E-state index in [0.717, 1.165) is 62.7 Å². The van der Waals surface area contributed by atoms with Gasteiger partial charge < -0.3 is 41.1 Å². The van der Waals surface area contributed by atoms with Crippen LogP contribution in [-0.4, -0.2) is 58.6 Å². The molecule has 1 unspecified atom stereocenters. The molecule has 0 amide bonds. The Morgan fingerprint density at radius 2 is 2.08 bits per heavy atom. The van der Waals surface area contributed by atoms with Gasteiger partial charge in [0.15, 0.2) is 11.5 Å². The molecular weight excluding hydrogens is 348 g/mol. The second-order valence-corrected chi connectivity index (χ2v) is 6.36. The molecule has 0 spiro atoms. The van der Waals surface area contributed by atoms with Crippen molar-refractivity contribution in [3.05, 3.63) is 17.7 Å². The van der Waals surface area contributed by atoms with Crippen molar-refractivity contribution in [3.8, 4) is 17.2 Å². The molecule has 1 fully saturated rings. The number of halogens is 1. The summed E-state index contributed by atoms with van der Waals surface area (Å²) < 4.78 is 21.7. The highest BCUT2D eigenvalue weighted by molar-refractivity contribution is 5.86. The van der Waals surface area contributed by atoms with Gasteiger partial charge in [-0.15, -0.1) is 0 Å². The van der Waals surface area contributed by atoms with Gasteiger partial charge in [-0.25, -0.2) is 0 Å². The van der Waals surface area contributed by atoms with E-state index in [4.69, 9.17) is 23.8 Å². The van der Waals surface area contributed by atoms with E-state index >= 15 is 0 Å². The fourth-order valence-corrected chi connectivity index (χ4v) is 3.39. The molecule has 3 aliphatic rings. The minimum absolute atomic E-state index is 0. The average Bonchev–Trinajstić information content (AvgIpc) is 3.24. The number of ether oxygens (including phenoxy) is 4. The monoisotopic (exact) mass is 370 g/mol. The largest absolute Gasteiger partial charge is 1.00 e. The summed E-state index contributed by atoms with van der Waals surface area (Å²) in [5.41, 5.74) is 2.25. The van der Waals surface area contributed by atoms with Crippen molar-refractivity contribution in [1.29, 1.82) is 0 Å². The Morgan fingerprint density at radius 1 is 1.24 bits per heavy atom. The highest BCUT2D eigenvalue weighted by Gasteiger charge is 2.27. The average molecular weight is 371 g/mol. The first kappa shape index (κ1) is 18.1. The third-order valence-corrected chi connectivity index (χ3v) is 4.63. The SMILES string of the molecule is COc1cc(CC2CC(C[NH+]3CCOCC3)=NO2)cc2c1OCO2.[Cl-]. The fraction of sp³-hybridized carbons (Fsp3) is 0.588. The van der Waals surface area contributed by atoms with E-state index in [9.17, 15) is 0 Å². The van der Waals surface area contributed by atoms with E-state index < -0.39 is 0 Å². The molecule has 0 saturated carbocycles. The van der Waals surface area contributed by atoms with Crippen LogP contribution in [0.4, 0.5) is 0 Å². The van der Waals surface area contributed by atoms with Gasteiger partial charge in [-0.05, 0) is 17.7 Å². The molecule has 3 aliphatic heterocycles. The van der Waals surface area contributed by atoms with Crippen LogP contribution in [0, 0.1) is 0 Å². The highest BCUT2D eigenvalue weighted by atomic mass is 35.5. The molecule has 7 nitrogen and oxygen atoms in total. The number of fused-ring (bicyclic) bond motifs is 1. The normalized spacial score (nSPS) is 22.1. The Kier molecular flexibility index (Phi) is 5.88. The van der Waals surface area contributed by atoms with E-state index in [2.05, 4.69) is 5.16 Å². The predicted octanol–water partition coefficient (Wildman–Crippen LogP) is -2.97. The first-order chi connectivity index (χ1) is 11.8. The molecule has 0 aliphatic carbocycles. The van der Waals surface area contributed by atoms with Crippen LogP contribution in [0.5, 0.6) is 17.2 Å². The van der Waals surface area contributed by atoms with Crippen LogP contribution < -0.4 is 31.5 Å². The molecule has 1 aromatic carbocycles. The lowest BCUT2D eigenvalue weighted by Crippen LogP contribution is -3.14. The number of hydrogen-bond donors (Lipinski definition) is 1. The van der Waals surface area contributed by atoms with Crippen molar-refractivity contribution in [2.45, 2.75) is 18.9 Å². The molecule has 0 radical (unpaired) electrons. The number of benzene rings is 1. The lowest BCUT2D eigenvalue weighted by Gasteiger charge is -2.23. The van der Waals surface area contributed by atoms with Gasteiger partial charge in [-0.2, -0.15) is 0 Å². The highest BCUT2D eigenvalue weighted by Crippen LogP contribution is 2.42. The number of nitrogens with zero attached hydrogens (tertiary/aromatic N) is 1. The molecule has 25 heavy (non-hydrogen) atoms. The molecular formula is C17H23ClN2O5. The number of methoxy groups -OCH3 is 1. The predicted molar refractivity (Wildman–Crippen MR) is 86.1 cm³/mol. The summed E-state index contributed by atoms with van der Waals surface area (Å²) in [7, 11) is 1.64. The Hall–Kier alpha value is -1.70. The van der Waals surface area contributed by atoms with Gasteiger partial charge in [-0.3, -0.25) is 0 Å². The number of oxime groups is 1. The summed E-state index contributed by atoms with van der Waals surface area (Å²) in [4.78, 5) is 7.16. The number of morpholine rings is 1. The van der Waals surface area contributed by atoms with Crippen LogP contribution in [0.15, 0.2) is 17.3 Å². The molecule has 4 rings (SSSR count). The van der Waals surface area contributed by atoms with E-state index in [1.54, 1.807) is 7.11 Å². The van der Waals surface area contributed by atoms with Crippen molar-refractivity contribution < 1.29 is 41.1 Å². The Balaban J connectivity index is 0.00000182. The fourth-order valence-electron chi connectivity index (χ4n) is 3.39. The maximum Gasteiger partial charge on any atom is 0.231 e. The maximum absolute atomic E-state index is 5.63. The smallest absolute Gasteiger partial charge is 0.231 e. The molecule has 1 N–H and O–H groups in total. The van der Waals surface area contributed by atoms with Crippen LogP contribution in [0.25, 0.3) is 0 Å². The van der Waals surface area contributed by atoms with Crippen LogP contribution in [0.1, 0.15) is 12.0 Å². The molecule has 3 heterocycles. The first-order valence-electron chi connectivity index (χ1n) is 8.41. The molecule has 1 atom stereocenters. The molecule has 8 heteroatoms. The van der Waals surface area contributed by atoms with Gasteiger partial charge in [0.1, 0.15) is 31.4 Å². The molecule has 1 saturated heterocycles. The molecule has 138 valence electrons. The molecule has 0 bridgehead atoms. The van der Waals surface area contributed by atoms with E-state index in [-0.39, 0.29) is 25.3 Å². The van der Waals surface area contributed by atoms with Gasteiger partial charge in [0.05, 0.1) is 20.3 Å². The van der Waals surface area contributed by atoms with Crippen LogP contribution in [0.3, 0.4) is 0 Å². The van der Waals surface area contributed by atoms with Crippen molar-refractivity contribution in [2.24, 2.45) is 5.16 Å². The topological polar surface area (TPSA) is 63.0 Å². The van der Waals surface area contributed by atoms with Gasteiger partial charge in [0.25, 0.3) is 0 Å². The zero-order valence-corrected chi connectivity index (χ0v) is 15.0. The van der Waals surface area contributed by atoms with E-state index in [1.165, 1.54) is 4.90 Å². The number of rotatable bonds is 5. The number of hydrogen-bond acceptors (Lipinski definition) is 6. The second kappa shape index (κ2) is 8.12. The zero-order chi connectivity index (χ0) is 16.4. The number of quaternary nitrogens is 1. The number of nitrogens with one attached hydrogen (secondary N) is 1. The van der Waals surface area contributed by atoms with Gasteiger partial charge in [0, 0.05) is 12.8 Å². The molecule has 0 aromatic heterocycles. The minimum atomic E-state index is 0. The van der Waals surface area contributed by atoms with Crippen LogP contribution >= 0.6 is 0 Å². The zero-order valence-electron chi connectivity index (χ0n) is 14.3. The first-order valence-corrected chi connectivity index (χ1v) is 8.41. The summed E-state index contributed by atoms with van der Waals surface area (Å²) >= 11 is 0. The van der Waals surface area contributed by atoms with E-state index in [0.29, 0.717) is 11.5 Å². The Morgan fingerprint density at radius 3 is 2.88 bits per heavy atom. The lowest BCUT2D eigenvalue weighted by atomic mass is 10.0. The summed E-state index contributed by atoms with van der Waals surface area (Å²) in [5, 5.41) is 4.29. The maximum atomic E-state index is 5.63. The lowest BCUT2D eigenvalue weighted by molar-refractivity contribution is -0.899. The van der Waals surface area contributed by atoms with Crippen LogP contribution in [-0.2, 0) is 16.0 Å². The van der Waals surface area contributed by atoms with Crippen molar-refractivity contribution >= 4 is 5.71 Å². The van der Waals surface area contributed by atoms with Crippen molar-refractivity contribution in [2.75, 3.05) is 46.8 Å². The van der Waals surface area contributed by atoms with Gasteiger partial charge in [0.2, 0.25) is 12.5 Å². The minimum Gasteiger partial charge on any atom is -1.00 e. The molecule has 1 aromatic rings. The van der Waals surface area contributed by atoms with E-state index in [1.807, 2.05) is 12.1 Å². The van der Waals surface area contributed by atoms with Gasteiger partial charge in [-0.1, -0.05) is 5.16 Å². The third kappa shape index (κ3) is 4.11. The quantitative estimate of drug-likeness (QED) is 0.600. The van der Waals surface area contributed by atoms with Crippen molar-refractivity contribution in [3.63, 3.8) is 0 Å². The third-order valence-electron chi connectivity index (χ3n) is 4.63. The Bertz CT molecular complexity index is 634. The Labute approximate surface area is 153 Å². The summed E-state index contributed by atoms with van der Waals surface area (Å²) in [6, 6.07) is 3.99.